The van der Waals surface area contributed by atoms with Gasteiger partial charge in [-0.15, -0.1) is 0 Å². The first kappa shape index (κ1) is 14.3. The molecule has 5 nitrogen and oxygen atoms in total. The Morgan fingerprint density at radius 1 is 1.63 bits per heavy atom. The molecule has 7 heteroatoms. The zero-order chi connectivity index (χ0) is 14.2. The van der Waals surface area contributed by atoms with Crippen molar-refractivity contribution >= 4 is 22.0 Å². The van der Waals surface area contributed by atoms with Gasteiger partial charge in [-0.1, -0.05) is 0 Å². The number of amides is 1. The van der Waals surface area contributed by atoms with Crippen molar-refractivity contribution in [3.05, 3.63) is 16.6 Å². The van der Waals surface area contributed by atoms with Crippen molar-refractivity contribution in [3.63, 3.8) is 0 Å². The summed E-state index contributed by atoms with van der Waals surface area (Å²) in [6.45, 7) is 5.39. The van der Waals surface area contributed by atoms with Crippen LogP contribution in [0.15, 0.2) is 10.8 Å². The van der Waals surface area contributed by atoms with E-state index < -0.39 is 23.9 Å². The molecule has 0 aliphatic carbocycles. The van der Waals surface area contributed by atoms with E-state index in [9.17, 15) is 9.18 Å². The third-order valence-electron chi connectivity index (χ3n) is 2.76. The van der Waals surface area contributed by atoms with Crippen molar-refractivity contribution in [3.8, 4) is 0 Å². The minimum atomic E-state index is -1.05. The van der Waals surface area contributed by atoms with Gasteiger partial charge >= 0.3 is 6.09 Å². The van der Waals surface area contributed by atoms with Crippen molar-refractivity contribution in [1.82, 2.24) is 14.9 Å². The van der Waals surface area contributed by atoms with Gasteiger partial charge in [0, 0.05) is 6.42 Å². The largest absolute Gasteiger partial charge is 0.444 e. The molecule has 1 aliphatic rings. The summed E-state index contributed by atoms with van der Waals surface area (Å²) < 4.78 is 19.6. The molecule has 0 bridgehead atoms. The fraction of sp³-hybridized carbons (Fsp3) is 0.667. The van der Waals surface area contributed by atoms with Crippen LogP contribution < -0.4 is 0 Å². The Labute approximate surface area is 119 Å². The zero-order valence-corrected chi connectivity index (χ0v) is 12.7. The van der Waals surface area contributed by atoms with E-state index in [4.69, 9.17) is 4.74 Å². The van der Waals surface area contributed by atoms with Gasteiger partial charge in [0.05, 0.1) is 18.8 Å². The van der Waals surface area contributed by atoms with Crippen LogP contribution in [0.5, 0.6) is 0 Å². The van der Waals surface area contributed by atoms with E-state index in [2.05, 4.69) is 25.9 Å². The van der Waals surface area contributed by atoms with Crippen LogP contribution >= 0.6 is 15.9 Å². The number of imidazole rings is 1. The van der Waals surface area contributed by atoms with Crippen LogP contribution in [0.25, 0.3) is 0 Å². The van der Waals surface area contributed by atoms with E-state index in [0.29, 0.717) is 10.4 Å². The maximum Gasteiger partial charge on any atom is 0.411 e. The molecule has 1 aliphatic heterocycles. The Balaban J connectivity index is 2.16. The number of aromatic amines is 1. The van der Waals surface area contributed by atoms with Gasteiger partial charge in [-0.25, -0.2) is 14.2 Å². The third kappa shape index (κ3) is 3.46. The molecule has 1 amide bonds. The zero-order valence-electron chi connectivity index (χ0n) is 11.1. The quantitative estimate of drug-likeness (QED) is 0.858. The first-order valence-corrected chi connectivity index (χ1v) is 6.89. The SMILES string of the molecule is CC(C)(C)OC(=O)N1CC(F)CC1c1ncc(Br)[nH]1. The number of likely N-dealkylation sites (tertiary alicyclic amines) is 1. The Morgan fingerprint density at radius 3 is 2.84 bits per heavy atom. The van der Waals surface area contributed by atoms with Crippen LogP contribution in [0, 0.1) is 0 Å². The van der Waals surface area contributed by atoms with Gasteiger partial charge in [-0.2, -0.15) is 0 Å². The number of alkyl halides is 1. The molecule has 0 spiro atoms. The van der Waals surface area contributed by atoms with Gasteiger partial charge in [0.25, 0.3) is 0 Å². The number of aromatic nitrogens is 2. The molecule has 0 saturated carbocycles. The van der Waals surface area contributed by atoms with Crippen molar-refractivity contribution in [1.29, 1.82) is 0 Å². The van der Waals surface area contributed by atoms with Crippen LogP contribution in [-0.2, 0) is 4.74 Å². The van der Waals surface area contributed by atoms with Crippen LogP contribution in [0.4, 0.5) is 9.18 Å². The first-order chi connectivity index (χ1) is 8.76. The lowest BCUT2D eigenvalue weighted by Gasteiger charge is -2.27. The molecule has 1 aromatic heterocycles. The van der Waals surface area contributed by atoms with Crippen LogP contribution in [0.2, 0.25) is 0 Å². The number of rotatable bonds is 1. The first-order valence-electron chi connectivity index (χ1n) is 6.10. The summed E-state index contributed by atoms with van der Waals surface area (Å²) >= 11 is 3.25. The van der Waals surface area contributed by atoms with E-state index in [1.165, 1.54) is 4.90 Å². The van der Waals surface area contributed by atoms with Crippen LogP contribution in [0.1, 0.15) is 39.1 Å². The fourth-order valence-electron chi connectivity index (χ4n) is 2.05. The summed E-state index contributed by atoms with van der Waals surface area (Å²) in [5, 5.41) is 0. The number of H-pyrrole nitrogens is 1. The van der Waals surface area contributed by atoms with Crippen LogP contribution in [0.3, 0.4) is 0 Å². The highest BCUT2D eigenvalue weighted by molar-refractivity contribution is 9.10. The topological polar surface area (TPSA) is 58.2 Å². The van der Waals surface area contributed by atoms with Gasteiger partial charge in [0.15, 0.2) is 0 Å². The molecule has 1 N–H and O–H groups in total. The van der Waals surface area contributed by atoms with E-state index in [1.807, 2.05) is 0 Å². The second-order valence-corrected chi connectivity index (χ2v) is 6.45. The Morgan fingerprint density at radius 2 is 2.32 bits per heavy atom. The molecule has 0 aromatic carbocycles. The van der Waals surface area contributed by atoms with Crippen molar-refractivity contribution < 1.29 is 13.9 Å². The lowest BCUT2D eigenvalue weighted by Crippen LogP contribution is -2.37. The summed E-state index contributed by atoms with van der Waals surface area (Å²) in [4.78, 5) is 20.6. The van der Waals surface area contributed by atoms with E-state index in [0.717, 1.165) is 0 Å². The third-order valence-corrected chi connectivity index (χ3v) is 3.16. The van der Waals surface area contributed by atoms with Crippen molar-refractivity contribution in [2.45, 2.75) is 45.0 Å². The molecule has 19 heavy (non-hydrogen) atoms. The monoisotopic (exact) mass is 333 g/mol. The maximum atomic E-state index is 13.6. The summed E-state index contributed by atoms with van der Waals surface area (Å²) in [7, 11) is 0. The van der Waals surface area contributed by atoms with Gasteiger partial charge in [-0.05, 0) is 36.7 Å². The molecular formula is C12H17BrFN3O2. The summed E-state index contributed by atoms with van der Waals surface area (Å²) in [5.74, 6) is 0.567. The van der Waals surface area contributed by atoms with E-state index in [-0.39, 0.29) is 13.0 Å². The summed E-state index contributed by atoms with van der Waals surface area (Å²) in [5.41, 5.74) is -0.597. The van der Waals surface area contributed by atoms with E-state index >= 15 is 0 Å². The summed E-state index contributed by atoms with van der Waals surface area (Å²) in [6.07, 6.45) is 0.263. The number of nitrogens with one attached hydrogen (secondary N) is 1. The van der Waals surface area contributed by atoms with Gasteiger partial charge in [-0.3, -0.25) is 4.90 Å². The lowest BCUT2D eigenvalue weighted by molar-refractivity contribution is 0.0211. The number of carbonyl (C=O) groups is 1. The summed E-state index contributed by atoms with van der Waals surface area (Å²) in [6, 6.07) is -0.406. The van der Waals surface area contributed by atoms with Gasteiger partial charge in [0.2, 0.25) is 0 Å². The molecule has 2 rings (SSSR count). The highest BCUT2D eigenvalue weighted by atomic mass is 79.9. The fourth-order valence-corrected chi connectivity index (χ4v) is 2.35. The van der Waals surface area contributed by atoms with Gasteiger partial charge < -0.3 is 9.72 Å². The number of carbonyl (C=O) groups excluding carboxylic acids is 1. The van der Waals surface area contributed by atoms with Crippen molar-refractivity contribution in [2.24, 2.45) is 0 Å². The molecule has 2 atom stereocenters. The number of ether oxygens (including phenoxy) is 1. The lowest BCUT2D eigenvalue weighted by atomic mass is 10.2. The second kappa shape index (κ2) is 5.11. The molecule has 1 fully saturated rings. The Kier molecular flexibility index (Phi) is 3.85. The minimum absolute atomic E-state index is 0.0396. The molecule has 0 radical (unpaired) electrons. The van der Waals surface area contributed by atoms with Crippen LogP contribution in [-0.4, -0.2) is 39.3 Å². The highest BCUT2D eigenvalue weighted by Crippen LogP contribution is 2.33. The Hall–Kier alpha value is -1.11. The highest BCUT2D eigenvalue weighted by Gasteiger charge is 2.39. The predicted molar refractivity (Wildman–Crippen MR) is 71.5 cm³/mol. The minimum Gasteiger partial charge on any atom is -0.444 e. The second-order valence-electron chi connectivity index (χ2n) is 5.60. The molecule has 1 aromatic rings. The molecule has 2 unspecified atom stereocenters. The molecule has 2 heterocycles. The van der Waals surface area contributed by atoms with E-state index in [1.54, 1.807) is 27.0 Å². The normalized spacial score (nSPS) is 23.7. The van der Waals surface area contributed by atoms with Gasteiger partial charge in [0.1, 0.15) is 22.2 Å². The molecule has 1 saturated heterocycles. The average Bonchev–Trinajstić information content (AvgIpc) is 2.81. The number of nitrogens with zero attached hydrogens (tertiary/aromatic N) is 2. The number of halogens is 2. The smallest absolute Gasteiger partial charge is 0.411 e. The standard InChI is InChI=1S/C12H17BrFN3O2/c1-12(2,3)19-11(18)17-6-7(14)4-8(17)10-15-5-9(13)16-10/h5,7-8H,4,6H2,1-3H3,(H,15,16). The number of hydrogen-bond donors (Lipinski definition) is 1. The number of hydrogen-bond acceptors (Lipinski definition) is 3. The molecular weight excluding hydrogens is 317 g/mol. The van der Waals surface area contributed by atoms with Crippen molar-refractivity contribution in [2.75, 3.05) is 6.54 Å². The maximum absolute atomic E-state index is 13.6. The average molecular weight is 334 g/mol. The Bertz CT molecular complexity index is 472. The predicted octanol–water partition coefficient (Wildman–Crippen LogP) is 3.19. The molecule has 106 valence electrons.